The van der Waals surface area contributed by atoms with Crippen molar-refractivity contribution < 1.29 is 23.1 Å². The lowest BCUT2D eigenvalue weighted by molar-refractivity contribution is -0.124. The van der Waals surface area contributed by atoms with Crippen LogP contribution in [0.5, 0.6) is 0 Å². The SMILES string of the molecule is O=C(COC(=O)c1ccccc1I)NCc1ccc(F)cc1F. The molecule has 0 radical (unpaired) electrons. The van der Waals surface area contributed by atoms with Gasteiger partial charge >= 0.3 is 5.97 Å². The van der Waals surface area contributed by atoms with Crippen molar-refractivity contribution in [2.45, 2.75) is 6.54 Å². The number of carbonyl (C=O) groups excluding carboxylic acids is 2. The highest BCUT2D eigenvalue weighted by atomic mass is 127. The molecule has 0 aliphatic heterocycles. The molecular weight excluding hydrogens is 419 g/mol. The van der Waals surface area contributed by atoms with Crippen LogP contribution in [0.2, 0.25) is 0 Å². The van der Waals surface area contributed by atoms with Crippen LogP contribution < -0.4 is 5.32 Å². The molecule has 1 N–H and O–H groups in total. The summed E-state index contributed by atoms with van der Waals surface area (Å²) in [5.41, 5.74) is 0.508. The number of benzene rings is 2. The van der Waals surface area contributed by atoms with Gasteiger partial charge in [-0.1, -0.05) is 18.2 Å². The molecule has 0 aromatic heterocycles. The van der Waals surface area contributed by atoms with Gasteiger partial charge in [0, 0.05) is 21.7 Å². The van der Waals surface area contributed by atoms with Gasteiger partial charge in [-0.15, -0.1) is 0 Å². The van der Waals surface area contributed by atoms with Gasteiger partial charge in [0.1, 0.15) is 11.6 Å². The summed E-state index contributed by atoms with van der Waals surface area (Å²) in [7, 11) is 0. The van der Waals surface area contributed by atoms with Crippen LogP contribution >= 0.6 is 22.6 Å². The molecule has 0 aliphatic carbocycles. The quantitative estimate of drug-likeness (QED) is 0.585. The molecule has 0 fully saturated rings. The van der Waals surface area contributed by atoms with Gasteiger partial charge in [-0.2, -0.15) is 0 Å². The molecule has 7 heteroatoms. The van der Waals surface area contributed by atoms with Crippen LogP contribution in [-0.2, 0) is 16.1 Å². The Morgan fingerprint density at radius 1 is 1.13 bits per heavy atom. The van der Waals surface area contributed by atoms with Crippen LogP contribution in [0.25, 0.3) is 0 Å². The number of ether oxygens (including phenoxy) is 1. The summed E-state index contributed by atoms with van der Waals surface area (Å²) in [5, 5.41) is 2.40. The van der Waals surface area contributed by atoms with E-state index in [-0.39, 0.29) is 12.1 Å². The second-order valence-electron chi connectivity index (χ2n) is 4.57. The Balaban J connectivity index is 1.83. The van der Waals surface area contributed by atoms with E-state index in [1.165, 1.54) is 6.07 Å². The van der Waals surface area contributed by atoms with Crippen molar-refractivity contribution in [2.75, 3.05) is 6.61 Å². The van der Waals surface area contributed by atoms with E-state index in [1.54, 1.807) is 24.3 Å². The third kappa shape index (κ3) is 4.98. The predicted molar refractivity (Wildman–Crippen MR) is 87.6 cm³/mol. The van der Waals surface area contributed by atoms with Crippen molar-refractivity contribution in [3.63, 3.8) is 0 Å². The zero-order chi connectivity index (χ0) is 16.8. The average Bonchev–Trinajstić information content (AvgIpc) is 2.52. The van der Waals surface area contributed by atoms with Gasteiger partial charge in [-0.3, -0.25) is 4.79 Å². The van der Waals surface area contributed by atoms with Gasteiger partial charge in [-0.25, -0.2) is 13.6 Å². The zero-order valence-corrected chi connectivity index (χ0v) is 14.0. The van der Waals surface area contributed by atoms with Crippen molar-refractivity contribution in [1.29, 1.82) is 0 Å². The Bertz CT molecular complexity index is 737. The smallest absolute Gasteiger partial charge is 0.339 e. The zero-order valence-electron chi connectivity index (χ0n) is 11.8. The van der Waals surface area contributed by atoms with Crippen molar-refractivity contribution in [1.82, 2.24) is 5.32 Å². The first kappa shape index (κ1) is 17.3. The lowest BCUT2D eigenvalue weighted by Gasteiger charge is -2.08. The number of halogens is 3. The van der Waals surface area contributed by atoms with Gasteiger partial charge in [0.05, 0.1) is 5.56 Å². The van der Waals surface area contributed by atoms with Crippen LogP contribution in [-0.4, -0.2) is 18.5 Å². The summed E-state index contributed by atoms with van der Waals surface area (Å²) >= 11 is 1.99. The maximum atomic E-state index is 13.4. The van der Waals surface area contributed by atoms with E-state index in [9.17, 15) is 18.4 Å². The van der Waals surface area contributed by atoms with Crippen molar-refractivity contribution in [2.24, 2.45) is 0 Å². The van der Waals surface area contributed by atoms with Gasteiger partial charge in [0.2, 0.25) is 0 Å². The molecule has 0 spiro atoms. The Hall–Kier alpha value is -2.03. The molecule has 0 saturated heterocycles. The molecular formula is C16H12F2INO3. The van der Waals surface area contributed by atoms with Crippen molar-refractivity contribution >= 4 is 34.5 Å². The first-order chi connectivity index (χ1) is 11.0. The minimum atomic E-state index is -0.749. The molecule has 2 rings (SSSR count). The number of carbonyl (C=O) groups is 2. The van der Waals surface area contributed by atoms with E-state index in [4.69, 9.17) is 4.74 Å². The number of rotatable bonds is 5. The summed E-state index contributed by atoms with van der Waals surface area (Å²) in [6, 6.07) is 9.88. The fourth-order valence-corrected chi connectivity index (χ4v) is 2.35. The first-order valence-electron chi connectivity index (χ1n) is 6.59. The monoisotopic (exact) mass is 431 g/mol. The van der Waals surface area contributed by atoms with Crippen molar-refractivity contribution in [3.05, 3.63) is 68.8 Å². The van der Waals surface area contributed by atoms with E-state index in [1.807, 2.05) is 22.6 Å². The lowest BCUT2D eigenvalue weighted by Crippen LogP contribution is -2.28. The Morgan fingerprint density at radius 3 is 2.57 bits per heavy atom. The predicted octanol–water partition coefficient (Wildman–Crippen LogP) is 3.04. The number of hydrogen-bond donors (Lipinski definition) is 1. The molecule has 0 heterocycles. The molecule has 23 heavy (non-hydrogen) atoms. The highest BCUT2D eigenvalue weighted by molar-refractivity contribution is 14.1. The molecule has 1 amide bonds. The molecule has 0 atom stereocenters. The summed E-state index contributed by atoms with van der Waals surface area (Å²) in [4.78, 5) is 23.5. The first-order valence-corrected chi connectivity index (χ1v) is 7.67. The maximum Gasteiger partial charge on any atom is 0.339 e. The van der Waals surface area contributed by atoms with Crippen LogP contribution in [0.3, 0.4) is 0 Å². The van der Waals surface area contributed by atoms with Crippen molar-refractivity contribution in [3.8, 4) is 0 Å². The summed E-state index contributed by atoms with van der Waals surface area (Å²) in [6.07, 6.45) is 0. The molecule has 0 unspecified atom stereocenters. The molecule has 0 aliphatic rings. The third-order valence-corrected chi connectivity index (χ3v) is 3.86. The van der Waals surface area contributed by atoms with E-state index in [2.05, 4.69) is 5.32 Å². The fraction of sp³-hybridized carbons (Fsp3) is 0.125. The third-order valence-electron chi connectivity index (χ3n) is 2.92. The topological polar surface area (TPSA) is 55.4 Å². The minimum absolute atomic E-state index is 0.120. The lowest BCUT2D eigenvalue weighted by atomic mass is 10.2. The maximum absolute atomic E-state index is 13.4. The molecule has 2 aromatic carbocycles. The number of hydrogen-bond acceptors (Lipinski definition) is 3. The molecule has 0 bridgehead atoms. The molecule has 120 valence electrons. The summed E-state index contributed by atoms with van der Waals surface area (Å²) < 4.78 is 31.8. The van der Waals surface area contributed by atoms with E-state index < -0.39 is 30.1 Å². The molecule has 4 nitrogen and oxygen atoms in total. The van der Waals surface area contributed by atoms with Gasteiger partial charge in [0.15, 0.2) is 6.61 Å². The number of esters is 1. The average molecular weight is 431 g/mol. The van der Waals surface area contributed by atoms with Crippen LogP contribution in [0.1, 0.15) is 15.9 Å². The van der Waals surface area contributed by atoms with Gasteiger partial charge in [-0.05, 0) is 40.8 Å². The van der Waals surface area contributed by atoms with E-state index in [0.717, 1.165) is 12.1 Å². The Kier molecular flexibility index (Phi) is 6.03. The number of nitrogens with one attached hydrogen (secondary N) is 1. The van der Waals surface area contributed by atoms with Crippen LogP contribution in [0.4, 0.5) is 8.78 Å². The van der Waals surface area contributed by atoms with Gasteiger partial charge in [0.25, 0.3) is 5.91 Å². The second-order valence-corrected chi connectivity index (χ2v) is 5.73. The molecule has 0 saturated carbocycles. The van der Waals surface area contributed by atoms with Crippen LogP contribution in [0, 0.1) is 15.2 Å². The Labute approximate surface area is 145 Å². The molecule has 2 aromatic rings. The van der Waals surface area contributed by atoms with Crippen LogP contribution in [0.15, 0.2) is 42.5 Å². The summed E-state index contributed by atoms with van der Waals surface area (Å²) in [6.45, 7) is -0.599. The number of amides is 1. The highest BCUT2D eigenvalue weighted by Gasteiger charge is 2.13. The highest BCUT2D eigenvalue weighted by Crippen LogP contribution is 2.12. The van der Waals surface area contributed by atoms with E-state index in [0.29, 0.717) is 9.13 Å². The van der Waals surface area contributed by atoms with Gasteiger partial charge < -0.3 is 10.1 Å². The minimum Gasteiger partial charge on any atom is -0.452 e. The largest absolute Gasteiger partial charge is 0.452 e. The Morgan fingerprint density at radius 2 is 1.87 bits per heavy atom. The normalized spacial score (nSPS) is 10.2. The standard InChI is InChI=1S/C16H12F2INO3/c17-11-6-5-10(13(18)7-11)8-20-15(21)9-23-16(22)12-3-1-2-4-14(12)19/h1-7H,8-9H2,(H,20,21). The second kappa shape index (κ2) is 8.00. The van der Waals surface area contributed by atoms with E-state index >= 15 is 0 Å². The summed E-state index contributed by atoms with van der Waals surface area (Å²) in [5.74, 6) is -2.63. The fourth-order valence-electron chi connectivity index (χ4n) is 1.75.